The zero-order valence-corrected chi connectivity index (χ0v) is 10.6. The van der Waals surface area contributed by atoms with E-state index in [1.54, 1.807) is 13.0 Å². The lowest BCUT2D eigenvalue weighted by Gasteiger charge is -2.18. The highest BCUT2D eigenvalue weighted by molar-refractivity contribution is 5.69. The molecule has 1 aromatic carbocycles. The number of halogens is 1. The minimum absolute atomic E-state index is 0.0747. The van der Waals surface area contributed by atoms with Gasteiger partial charge in [-0.15, -0.1) is 0 Å². The molecule has 4 nitrogen and oxygen atoms in total. The lowest BCUT2D eigenvalue weighted by molar-refractivity contribution is -0.142. The van der Waals surface area contributed by atoms with E-state index in [0.717, 1.165) is 0 Å². The van der Waals surface area contributed by atoms with Gasteiger partial charge in [-0.1, -0.05) is 13.0 Å². The highest BCUT2D eigenvalue weighted by Crippen LogP contribution is 2.28. The number of esters is 1. The molecule has 100 valence electrons. The first-order chi connectivity index (χ1) is 8.49. The second-order valence-electron chi connectivity index (χ2n) is 4.10. The van der Waals surface area contributed by atoms with Gasteiger partial charge in [0.15, 0.2) is 11.6 Å². The number of ether oxygens (including phenoxy) is 2. The number of hydrogen-bond acceptors (Lipinski definition) is 4. The summed E-state index contributed by atoms with van der Waals surface area (Å²) in [6, 6.07) is 4.22. The summed E-state index contributed by atoms with van der Waals surface area (Å²) in [5.41, 5.74) is 0.407. The van der Waals surface area contributed by atoms with Crippen LogP contribution in [0.15, 0.2) is 18.2 Å². The van der Waals surface area contributed by atoms with E-state index in [2.05, 4.69) is 4.74 Å². The second kappa shape index (κ2) is 6.35. The molecule has 0 fully saturated rings. The zero-order chi connectivity index (χ0) is 13.7. The van der Waals surface area contributed by atoms with E-state index < -0.39 is 17.9 Å². The van der Waals surface area contributed by atoms with Crippen LogP contribution in [-0.2, 0) is 9.53 Å². The van der Waals surface area contributed by atoms with Gasteiger partial charge in [0.05, 0.1) is 26.7 Å². The Kier molecular flexibility index (Phi) is 5.09. The van der Waals surface area contributed by atoms with Gasteiger partial charge in [0.1, 0.15) is 0 Å². The molecule has 0 bridgehead atoms. The fourth-order valence-electron chi connectivity index (χ4n) is 1.65. The van der Waals surface area contributed by atoms with Crippen LogP contribution in [0, 0.1) is 11.7 Å². The molecule has 2 unspecified atom stereocenters. The molecule has 1 N–H and O–H groups in total. The Morgan fingerprint density at radius 1 is 1.44 bits per heavy atom. The van der Waals surface area contributed by atoms with Crippen molar-refractivity contribution >= 4 is 5.97 Å². The van der Waals surface area contributed by atoms with Crippen molar-refractivity contribution in [3.63, 3.8) is 0 Å². The molecule has 0 amide bonds. The van der Waals surface area contributed by atoms with Gasteiger partial charge >= 0.3 is 5.97 Å². The lowest BCUT2D eigenvalue weighted by atomic mass is 9.94. The summed E-state index contributed by atoms with van der Waals surface area (Å²) in [5.74, 6) is -1.19. The number of aliphatic hydroxyl groups is 1. The number of aliphatic hydroxyl groups excluding tert-OH is 1. The molecule has 5 heteroatoms. The largest absolute Gasteiger partial charge is 0.494 e. The Bertz CT molecular complexity index is 419. The molecule has 18 heavy (non-hydrogen) atoms. The van der Waals surface area contributed by atoms with Gasteiger partial charge in [0.2, 0.25) is 0 Å². The van der Waals surface area contributed by atoms with Gasteiger partial charge in [0, 0.05) is 0 Å². The Morgan fingerprint density at radius 3 is 2.61 bits per heavy atom. The molecular formula is C13H17FO4. The number of benzene rings is 1. The molecule has 1 aromatic rings. The molecule has 0 aromatic heterocycles. The average Bonchev–Trinajstić information content (AvgIpc) is 2.37. The summed E-state index contributed by atoms with van der Waals surface area (Å²) >= 11 is 0. The zero-order valence-electron chi connectivity index (χ0n) is 10.6. The maximum absolute atomic E-state index is 13.5. The standard InChI is InChI=1S/C13H17FO4/c1-8(6-12(15)18-3)13(16)9-4-5-11(17-2)10(14)7-9/h4-5,7-8,13,16H,6H2,1-3H3. The normalized spacial score (nSPS) is 13.8. The smallest absolute Gasteiger partial charge is 0.305 e. The van der Waals surface area contributed by atoms with Crippen molar-refractivity contribution in [2.45, 2.75) is 19.4 Å². The van der Waals surface area contributed by atoms with E-state index in [1.165, 1.54) is 26.4 Å². The molecule has 0 radical (unpaired) electrons. The summed E-state index contributed by atoms with van der Waals surface area (Å²) < 4.78 is 22.8. The van der Waals surface area contributed by atoms with Crippen LogP contribution in [0.5, 0.6) is 5.75 Å². The molecule has 1 rings (SSSR count). The van der Waals surface area contributed by atoms with Crippen LogP contribution in [-0.4, -0.2) is 25.3 Å². The first kappa shape index (κ1) is 14.4. The molecule has 0 heterocycles. The first-order valence-corrected chi connectivity index (χ1v) is 5.58. The van der Waals surface area contributed by atoms with Gasteiger partial charge in [-0.05, 0) is 23.6 Å². The number of hydrogen-bond donors (Lipinski definition) is 1. The van der Waals surface area contributed by atoms with Gasteiger partial charge in [-0.2, -0.15) is 0 Å². The van der Waals surface area contributed by atoms with Crippen LogP contribution >= 0.6 is 0 Å². The third kappa shape index (κ3) is 3.43. The molecule has 0 saturated carbocycles. The van der Waals surface area contributed by atoms with E-state index in [9.17, 15) is 14.3 Å². The summed E-state index contributed by atoms with van der Waals surface area (Å²) in [4.78, 5) is 11.1. The molecular weight excluding hydrogens is 239 g/mol. The van der Waals surface area contributed by atoms with Gasteiger partial charge in [0.25, 0.3) is 0 Å². The van der Waals surface area contributed by atoms with E-state index >= 15 is 0 Å². The number of rotatable bonds is 5. The number of methoxy groups -OCH3 is 2. The van der Waals surface area contributed by atoms with Crippen molar-refractivity contribution < 1.29 is 23.8 Å². The fraction of sp³-hybridized carbons (Fsp3) is 0.462. The maximum Gasteiger partial charge on any atom is 0.305 e. The van der Waals surface area contributed by atoms with Crippen LogP contribution in [0.4, 0.5) is 4.39 Å². The number of carbonyl (C=O) groups is 1. The number of carbonyl (C=O) groups excluding carboxylic acids is 1. The monoisotopic (exact) mass is 256 g/mol. The molecule has 0 spiro atoms. The Hall–Kier alpha value is -1.62. The van der Waals surface area contributed by atoms with E-state index in [4.69, 9.17) is 4.74 Å². The lowest BCUT2D eigenvalue weighted by Crippen LogP contribution is -2.15. The summed E-state index contributed by atoms with van der Waals surface area (Å²) in [7, 11) is 2.66. The minimum Gasteiger partial charge on any atom is -0.494 e. The summed E-state index contributed by atoms with van der Waals surface area (Å²) in [5, 5.41) is 10.0. The predicted octanol–water partition coefficient (Wildman–Crippen LogP) is 2.07. The highest BCUT2D eigenvalue weighted by atomic mass is 19.1. The van der Waals surface area contributed by atoms with E-state index in [0.29, 0.717) is 5.56 Å². The van der Waals surface area contributed by atoms with Crippen LogP contribution in [0.3, 0.4) is 0 Å². The van der Waals surface area contributed by atoms with E-state index in [-0.39, 0.29) is 18.1 Å². The third-order valence-electron chi connectivity index (χ3n) is 2.77. The van der Waals surface area contributed by atoms with Gasteiger partial charge < -0.3 is 14.6 Å². The molecule has 0 aliphatic heterocycles. The predicted molar refractivity (Wildman–Crippen MR) is 63.7 cm³/mol. The highest BCUT2D eigenvalue weighted by Gasteiger charge is 2.21. The second-order valence-corrected chi connectivity index (χ2v) is 4.10. The van der Waals surface area contributed by atoms with Crippen molar-refractivity contribution in [1.29, 1.82) is 0 Å². The fourth-order valence-corrected chi connectivity index (χ4v) is 1.65. The SMILES string of the molecule is COC(=O)CC(C)C(O)c1ccc(OC)c(F)c1. The first-order valence-electron chi connectivity index (χ1n) is 5.58. The van der Waals surface area contributed by atoms with Crippen LogP contribution in [0.1, 0.15) is 25.0 Å². The molecule has 0 aliphatic rings. The Balaban J connectivity index is 2.80. The topological polar surface area (TPSA) is 55.8 Å². The van der Waals surface area contributed by atoms with Gasteiger partial charge in [-0.3, -0.25) is 4.79 Å². The van der Waals surface area contributed by atoms with Crippen molar-refractivity contribution in [3.05, 3.63) is 29.6 Å². The van der Waals surface area contributed by atoms with Crippen LogP contribution < -0.4 is 4.74 Å². The van der Waals surface area contributed by atoms with E-state index in [1.807, 2.05) is 0 Å². The van der Waals surface area contributed by atoms with Crippen LogP contribution in [0.25, 0.3) is 0 Å². The maximum atomic E-state index is 13.5. The quantitative estimate of drug-likeness (QED) is 0.819. The van der Waals surface area contributed by atoms with Gasteiger partial charge in [-0.25, -0.2) is 4.39 Å². The minimum atomic E-state index is -0.926. The van der Waals surface area contributed by atoms with Crippen LogP contribution in [0.2, 0.25) is 0 Å². The molecule has 0 saturated heterocycles. The summed E-state index contributed by atoms with van der Waals surface area (Å²) in [6.07, 6.45) is -0.852. The third-order valence-corrected chi connectivity index (χ3v) is 2.77. The molecule has 0 aliphatic carbocycles. The van der Waals surface area contributed by atoms with Crippen molar-refractivity contribution in [2.24, 2.45) is 5.92 Å². The van der Waals surface area contributed by atoms with Crippen molar-refractivity contribution in [2.75, 3.05) is 14.2 Å². The Morgan fingerprint density at radius 2 is 2.11 bits per heavy atom. The molecule has 2 atom stereocenters. The van der Waals surface area contributed by atoms with Crippen molar-refractivity contribution in [1.82, 2.24) is 0 Å². The Labute approximate surface area is 105 Å². The average molecular weight is 256 g/mol. The van der Waals surface area contributed by atoms with Crippen molar-refractivity contribution in [3.8, 4) is 5.75 Å². The summed E-state index contributed by atoms with van der Waals surface area (Å²) in [6.45, 7) is 1.70.